The van der Waals surface area contributed by atoms with Gasteiger partial charge >= 0.3 is 12.0 Å². The summed E-state index contributed by atoms with van der Waals surface area (Å²) in [6, 6.07) is 44.2. The second kappa shape index (κ2) is 20.9. The monoisotopic (exact) mass is 962 g/mol. The van der Waals surface area contributed by atoms with E-state index in [0.29, 0.717) is 41.3 Å². The number of esters is 1. The van der Waals surface area contributed by atoms with Crippen LogP contribution in [0.3, 0.4) is 0 Å². The van der Waals surface area contributed by atoms with Gasteiger partial charge in [0, 0.05) is 29.8 Å². The molecule has 7 atom stereocenters. The van der Waals surface area contributed by atoms with Gasteiger partial charge in [0.15, 0.2) is 0 Å². The summed E-state index contributed by atoms with van der Waals surface area (Å²) in [4.78, 5) is 69.4. The first-order valence-electron chi connectivity index (χ1n) is 24.9. The fourth-order valence-electron chi connectivity index (χ4n) is 11.5. The molecule has 0 radical (unpaired) electrons. The summed E-state index contributed by atoms with van der Waals surface area (Å²) in [5.41, 5.74) is 2.70. The van der Waals surface area contributed by atoms with Crippen LogP contribution in [0, 0.1) is 17.8 Å². The molecule has 4 aliphatic heterocycles. The third-order valence-corrected chi connectivity index (χ3v) is 14.7. The zero-order valence-corrected chi connectivity index (χ0v) is 40.5. The number of para-hydroxylation sites is 1. The van der Waals surface area contributed by atoms with Crippen molar-refractivity contribution in [2.24, 2.45) is 5.92 Å². The molecule has 0 unspecified atom stereocenters. The predicted octanol–water partition coefficient (Wildman–Crippen LogP) is 9.40. The van der Waals surface area contributed by atoms with Gasteiger partial charge in [0.2, 0.25) is 11.8 Å². The van der Waals surface area contributed by atoms with E-state index >= 15 is 19.2 Å². The molecule has 4 heterocycles. The van der Waals surface area contributed by atoms with Gasteiger partial charge in [-0.15, -0.1) is 0 Å². The van der Waals surface area contributed by atoms with E-state index in [2.05, 4.69) is 17.2 Å². The van der Waals surface area contributed by atoms with Crippen molar-refractivity contribution in [3.8, 4) is 23.3 Å². The number of likely N-dealkylation sites (tertiary alicyclic amines) is 1. The number of aliphatic hydroxyl groups excluding tert-OH is 1. The lowest BCUT2D eigenvalue weighted by atomic mass is 9.64. The van der Waals surface area contributed by atoms with E-state index < -0.39 is 59.5 Å². The maximum atomic E-state index is 17.0. The minimum absolute atomic E-state index is 0.0748. The standard InChI is InChI=1S/C60H58N4O8/c1-40(43-19-9-6-10-20-43)61-59(69)63-49-34-31-42(28-27-41-29-32-46(70-2)33-30-41)39-48(49)60(58(63)68)51(56(66)62-35-17-4-3-5-18-36-62)53-57(67)72-54(45-23-13-8-14-24-45)52(44-21-11-7-12-22-44)64(53)55(60)47-25-15-16-26-50(47)71-38-37-65/h6-16,19-26,29-34,39-40,51-55,65H,3-5,17-18,35-38H2,1-2H3,(H,61,69)/t40-,51+,52+,53+,54-,55-,60+/m1/s1. The summed E-state index contributed by atoms with van der Waals surface area (Å²) in [5, 5.41) is 13.3. The van der Waals surface area contributed by atoms with Gasteiger partial charge in [0.25, 0.3) is 0 Å². The Morgan fingerprint density at radius 1 is 0.750 bits per heavy atom. The SMILES string of the molecule is COc1ccc(C#Cc2ccc3c(c2)[C@]2(C(=O)N3C(=O)N[C@H](C)c3ccccc3)[C@H](C(=O)N3CCCCCCC3)[C@H]3C(=O)O[C@H](c4ccccc4)[C@H](c4ccccc4)N3[C@@H]2c2ccccc2OCCO)cc1. The number of hydrogen-bond acceptors (Lipinski definition) is 9. The number of fused-ring (bicyclic) bond motifs is 3. The fraction of sp³-hybridized carbons (Fsp3) is 0.300. The lowest BCUT2D eigenvalue weighted by Crippen LogP contribution is -2.57. The van der Waals surface area contributed by atoms with E-state index in [1.54, 1.807) is 25.3 Å². The largest absolute Gasteiger partial charge is 0.497 e. The molecule has 0 aromatic heterocycles. The number of carbonyl (C=O) groups is 4. The number of hydrogen-bond donors (Lipinski definition) is 2. The van der Waals surface area contributed by atoms with Crippen LogP contribution in [-0.4, -0.2) is 78.2 Å². The van der Waals surface area contributed by atoms with Gasteiger partial charge in [-0.1, -0.05) is 140 Å². The Bertz CT molecular complexity index is 2990. The van der Waals surface area contributed by atoms with Gasteiger partial charge in [0.05, 0.1) is 43.4 Å². The van der Waals surface area contributed by atoms with Crippen molar-refractivity contribution < 1.29 is 38.5 Å². The molecule has 6 aromatic rings. The quantitative estimate of drug-likeness (QED) is 0.102. The highest BCUT2D eigenvalue weighted by Gasteiger charge is 2.76. The lowest BCUT2D eigenvalue weighted by molar-refractivity contribution is -0.179. The van der Waals surface area contributed by atoms with Crippen LogP contribution in [0.15, 0.2) is 158 Å². The molecule has 366 valence electrons. The normalized spacial score (nSPS) is 23.1. The maximum Gasteiger partial charge on any atom is 0.329 e. The van der Waals surface area contributed by atoms with Gasteiger partial charge in [0.1, 0.15) is 35.7 Å². The lowest BCUT2D eigenvalue weighted by Gasteiger charge is -2.46. The van der Waals surface area contributed by atoms with Crippen molar-refractivity contribution in [2.75, 3.05) is 38.3 Å². The van der Waals surface area contributed by atoms with E-state index in [-0.39, 0.29) is 24.8 Å². The Morgan fingerprint density at radius 3 is 2.04 bits per heavy atom. The molecular formula is C60H58N4O8. The number of rotatable bonds is 10. The molecule has 4 amide bonds. The number of nitrogens with zero attached hydrogens (tertiary/aromatic N) is 3. The number of carbonyl (C=O) groups excluding carboxylic acids is 4. The molecule has 3 saturated heterocycles. The number of benzene rings is 6. The average molecular weight is 963 g/mol. The minimum atomic E-state index is -2.00. The molecule has 3 fully saturated rings. The van der Waals surface area contributed by atoms with Gasteiger partial charge in [-0.3, -0.25) is 19.3 Å². The number of ether oxygens (including phenoxy) is 3. The number of imide groups is 1. The highest BCUT2D eigenvalue weighted by molar-refractivity contribution is 6.24. The Labute approximate surface area is 420 Å². The molecule has 10 rings (SSSR count). The molecular weight excluding hydrogens is 905 g/mol. The van der Waals surface area contributed by atoms with Crippen LogP contribution in [0.5, 0.6) is 11.5 Å². The second-order valence-corrected chi connectivity index (χ2v) is 18.9. The fourth-order valence-corrected chi connectivity index (χ4v) is 11.5. The number of methoxy groups -OCH3 is 1. The highest BCUT2D eigenvalue weighted by Crippen LogP contribution is 2.67. The number of anilines is 1. The van der Waals surface area contributed by atoms with Crippen molar-refractivity contribution in [1.29, 1.82) is 0 Å². The van der Waals surface area contributed by atoms with Crippen molar-refractivity contribution in [3.63, 3.8) is 0 Å². The van der Waals surface area contributed by atoms with E-state index in [4.69, 9.17) is 14.2 Å². The molecule has 72 heavy (non-hydrogen) atoms. The zero-order valence-electron chi connectivity index (χ0n) is 40.5. The third-order valence-electron chi connectivity index (χ3n) is 14.7. The molecule has 0 saturated carbocycles. The van der Waals surface area contributed by atoms with Gasteiger partial charge in [-0.25, -0.2) is 9.69 Å². The number of morpholine rings is 1. The van der Waals surface area contributed by atoms with Gasteiger partial charge < -0.3 is 29.5 Å². The highest BCUT2D eigenvalue weighted by atomic mass is 16.6. The molecule has 12 nitrogen and oxygen atoms in total. The third kappa shape index (κ3) is 8.77. The molecule has 1 spiro atoms. The topological polar surface area (TPSA) is 138 Å². The van der Waals surface area contributed by atoms with E-state index in [1.807, 2.05) is 156 Å². The van der Waals surface area contributed by atoms with Crippen LogP contribution >= 0.6 is 0 Å². The first kappa shape index (κ1) is 47.9. The van der Waals surface area contributed by atoms with Crippen LogP contribution in [0.25, 0.3) is 0 Å². The summed E-state index contributed by atoms with van der Waals surface area (Å²) in [6.45, 7) is 2.34. The van der Waals surface area contributed by atoms with Crippen molar-refractivity contribution >= 4 is 29.5 Å². The summed E-state index contributed by atoms with van der Waals surface area (Å²) in [7, 11) is 1.60. The minimum Gasteiger partial charge on any atom is -0.497 e. The van der Waals surface area contributed by atoms with Crippen LogP contribution in [0.1, 0.15) is 102 Å². The number of cyclic esters (lactones) is 1. The molecule has 0 aliphatic carbocycles. The first-order chi connectivity index (χ1) is 35.2. The van der Waals surface area contributed by atoms with Gasteiger partial charge in [-0.2, -0.15) is 0 Å². The number of amides is 4. The summed E-state index contributed by atoms with van der Waals surface area (Å²) in [5.74, 6) is 4.48. The van der Waals surface area contributed by atoms with Crippen LogP contribution in [0.4, 0.5) is 10.5 Å². The Hall–Kier alpha value is -7.72. The van der Waals surface area contributed by atoms with Crippen LogP contribution < -0.4 is 19.7 Å². The predicted molar refractivity (Wildman–Crippen MR) is 273 cm³/mol. The summed E-state index contributed by atoms with van der Waals surface area (Å²) in [6.07, 6.45) is 3.49. The van der Waals surface area contributed by atoms with E-state index in [0.717, 1.165) is 54.4 Å². The number of aliphatic hydroxyl groups is 1. The average Bonchev–Trinajstić information content (AvgIpc) is 3.86. The Morgan fingerprint density at radius 2 is 1.36 bits per heavy atom. The number of urea groups is 1. The zero-order chi connectivity index (χ0) is 49.8. The molecule has 2 N–H and O–H groups in total. The van der Waals surface area contributed by atoms with Crippen molar-refractivity contribution in [2.45, 2.75) is 74.7 Å². The number of nitrogens with one attached hydrogen (secondary N) is 1. The smallest absolute Gasteiger partial charge is 0.329 e. The van der Waals surface area contributed by atoms with Gasteiger partial charge in [-0.05, 0) is 90.6 Å². The second-order valence-electron chi connectivity index (χ2n) is 18.9. The molecule has 4 aliphatic rings. The molecule has 6 aromatic carbocycles. The molecule has 0 bridgehead atoms. The van der Waals surface area contributed by atoms with E-state index in [9.17, 15) is 5.11 Å². The Balaban J connectivity index is 1.28. The summed E-state index contributed by atoms with van der Waals surface area (Å²) >= 11 is 0. The maximum absolute atomic E-state index is 17.0. The molecule has 12 heteroatoms. The van der Waals surface area contributed by atoms with Crippen molar-refractivity contribution in [3.05, 3.63) is 197 Å². The van der Waals surface area contributed by atoms with Crippen LogP contribution in [-0.2, 0) is 24.5 Å². The summed E-state index contributed by atoms with van der Waals surface area (Å²) < 4.78 is 18.5. The Kier molecular flexibility index (Phi) is 13.9. The van der Waals surface area contributed by atoms with E-state index in [1.165, 1.54) is 4.90 Å². The van der Waals surface area contributed by atoms with Crippen molar-refractivity contribution in [1.82, 2.24) is 15.1 Å². The first-order valence-corrected chi connectivity index (χ1v) is 24.9. The van der Waals surface area contributed by atoms with Crippen LogP contribution in [0.2, 0.25) is 0 Å².